The number of aliphatic hydroxyl groups excluding tert-OH is 1. The predicted molar refractivity (Wildman–Crippen MR) is 65.8 cm³/mol. The normalized spacial score (nSPS) is 31.6. The lowest BCUT2D eigenvalue weighted by Gasteiger charge is -2.38. The van der Waals surface area contributed by atoms with Gasteiger partial charge in [-0.05, 0) is 6.42 Å². The summed E-state index contributed by atoms with van der Waals surface area (Å²) >= 11 is 0. The number of carbonyl (C=O) groups excluding carboxylic acids is 1. The van der Waals surface area contributed by atoms with Gasteiger partial charge in [0.1, 0.15) is 6.04 Å². The molecule has 0 aliphatic carbocycles. The average Bonchev–Trinajstić information content (AvgIpc) is 2.80. The zero-order valence-electron chi connectivity index (χ0n) is 11.0. The lowest BCUT2D eigenvalue weighted by atomic mass is 10.2. The number of likely N-dealkylation sites (tertiary alicyclic amines) is 1. The van der Waals surface area contributed by atoms with Crippen molar-refractivity contribution in [3.63, 3.8) is 0 Å². The molecular weight excluding hydrogens is 252 g/mol. The number of carboxylic acid groups (broad SMARTS) is 1. The quantitative estimate of drug-likeness (QED) is 0.722. The van der Waals surface area contributed by atoms with Crippen LogP contribution in [-0.4, -0.2) is 76.5 Å². The fourth-order valence-corrected chi connectivity index (χ4v) is 2.67. The third kappa shape index (κ3) is 2.82. The number of carbonyl (C=O) groups is 2. The van der Waals surface area contributed by atoms with Gasteiger partial charge in [-0.3, -0.25) is 0 Å². The number of hydrogen-bond acceptors (Lipinski definition) is 4. The van der Waals surface area contributed by atoms with Crippen LogP contribution in [-0.2, 0) is 9.53 Å². The smallest absolute Gasteiger partial charge is 0.326 e. The number of nitrogens with zero attached hydrogens (tertiary/aromatic N) is 2. The zero-order valence-corrected chi connectivity index (χ0v) is 11.0. The molecule has 0 aromatic rings. The summed E-state index contributed by atoms with van der Waals surface area (Å²) in [5.41, 5.74) is 0. The molecule has 0 radical (unpaired) electrons. The number of aliphatic carboxylic acids is 1. The van der Waals surface area contributed by atoms with Crippen molar-refractivity contribution in [3.05, 3.63) is 0 Å². The highest BCUT2D eigenvalue weighted by molar-refractivity contribution is 5.83. The number of aliphatic hydroxyl groups is 1. The number of hydrogen-bond donors (Lipinski definition) is 2. The first kappa shape index (κ1) is 14.1. The van der Waals surface area contributed by atoms with E-state index in [1.165, 1.54) is 4.90 Å². The maximum absolute atomic E-state index is 12.5. The van der Waals surface area contributed by atoms with Crippen molar-refractivity contribution in [2.75, 3.05) is 26.3 Å². The monoisotopic (exact) mass is 272 g/mol. The van der Waals surface area contributed by atoms with E-state index >= 15 is 0 Å². The molecule has 0 saturated carbocycles. The lowest BCUT2D eigenvalue weighted by molar-refractivity contribution is -0.141. The van der Waals surface area contributed by atoms with E-state index in [4.69, 9.17) is 9.84 Å². The predicted octanol–water partition coefficient (Wildman–Crippen LogP) is -0.263. The van der Waals surface area contributed by atoms with Gasteiger partial charge in [0.05, 0.1) is 25.4 Å². The minimum atomic E-state index is -1.06. The molecule has 0 spiro atoms. The van der Waals surface area contributed by atoms with Crippen LogP contribution in [0.5, 0.6) is 0 Å². The molecule has 2 amide bonds. The van der Waals surface area contributed by atoms with Crippen LogP contribution in [0.15, 0.2) is 0 Å². The third-order valence-electron chi connectivity index (χ3n) is 3.75. The van der Waals surface area contributed by atoms with Crippen LogP contribution >= 0.6 is 0 Å². The highest BCUT2D eigenvalue weighted by atomic mass is 16.5. The van der Waals surface area contributed by atoms with E-state index in [1.807, 2.05) is 6.92 Å². The van der Waals surface area contributed by atoms with Crippen LogP contribution in [0.2, 0.25) is 0 Å². The third-order valence-corrected chi connectivity index (χ3v) is 3.75. The van der Waals surface area contributed by atoms with Gasteiger partial charge in [0.2, 0.25) is 0 Å². The second-order valence-corrected chi connectivity index (χ2v) is 5.01. The van der Waals surface area contributed by atoms with Crippen molar-refractivity contribution < 1.29 is 24.5 Å². The number of morpholine rings is 1. The molecule has 3 atom stereocenters. The van der Waals surface area contributed by atoms with Gasteiger partial charge in [-0.1, -0.05) is 6.92 Å². The van der Waals surface area contributed by atoms with Gasteiger partial charge in [0.15, 0.2) is 0 Å². The van der Waals surface area contributed by atoms with E-state index in [2.05, 4.69) is 0 Å². The molecule has 2 N–H and O–H groups in total. The SMILES string of the molecule is CCC1COCCN1C(=O)N1CC(O)CC1C(=O)O. The van der Waals surface area contributed by atoms with E-state index in [0.717, 1.165) is 6.42 Å². The average molecular weight is 272 g/mol. The molecule has 3 unspecified atom stereocenters. The van der Waals surface area contributed by atoms with Gasteiger partial charge in [0, 0.05) is 19.5 Å². The zero-order chi connectivity index (χ0) is 14.0. The van der Waals surface area contributed by atoms with Crippen LogP contribution < -0.4 is 0 Å². The van der Waals surface area contributed by atoms with Crippen LogP contribution in [0.4, 0.5) is 4.79 Å². The summed E-state index contributed by atoms with van der Waals surface area (Å²) in [6.45, 7) is 3.47. The molecule has 2 heterocycles. The Balaban J connectivity index is 2.11. The Morgan fingerprint density at radius 1 is 1.37 bits per heavy atom. The summed E-state index contributed by atoms with van der Waals surface area (Å²) in [6.07, 6.45) is 0.105. The Morgan fingerprint density at radius 2 is 2.11 bits per heavy atom. The number of ether oxygens (including phenoxy) is 1. The highest BCUT2D eigenvalue weighted by Crippen LogP contribution is 2.22. The van der Waals surface area contributed by atoms with E-state index in [-0.39, 0.29) is 25.0 Å². The van der Waals surface area contributed by atoms with Crippen LogP contribution in [0.1, 0.15) is 19.8 Å². The van der Waals surface area contributed by atoms with Gasteiger partial charge in [-0.25, -0.2) is 9.59 Å². The fourth-order valence-electron chi connectivity index (χ4n) is 2.67. The first-order valence-corrected chi connectivity index (χ1v) is 6.60. The fraction of sp³-hybridized carbons (Fsp3) is 0.833. The molecule has 108 valence electrons. The second kappa shape index (κ2) is 5.75. The van der Waals surface area contributed by atoms with Gasteiger partial charge in [-0.15, -0.1) is 0 Å². The molecule has 2 aliphatic rings. The standard InChI is InChI=1S/C12H20N2O5/c1-2-8-7-19-4-3-13(8)12(18)14-6-9(15)5-10(14)11(16)17/h8-10,15H,2-7H2,1H3,(H,16,17). The second-order valence-electron chi connectivity index (χ2n) is 5.01. The molecule has 2 aliphatic heterocycles. The Bertz CT molecular complexity index is 362. The van der Waals surface area contributed by atoms with Crippen LogP contribution in [0.3, 0.4) is 0 Å². The first-order valence-electron chi connectivity index (χ1n) is 6.60. The highest BCUT2D eigenvalue weighted by Gasteiger charge is 2.42. The van der Waals surface area contributed by atoms with Crippen molar-refractivity contribution in [1.29, 1.82) is 0 Å². The number of carboxylic acids is 1. The maximum Gasteiger partial charge on any atom is 0.326 e. The Kier molecular flexibility index (Phi) is 4.26. The number of urea groups is 1. The van der Waals surface area contributed by atoms with E-state index in [1.54, 1.807) is 4.90 Å². The summed E-state index contributed by atoms with van der Waals surface area (Å²) in [4.78, 5) is 26.5. The summed E-state index contributed by atoms with van der Waals surface area (Å²) in [5, 5.41) is 18.7. The molecule has 0 bridgehead atoms. The largest absolute Gasteiger partial charge is 0.480 e. The summed E-state index contributed by atoms with van der Waals surface area (Å²) in [5.74, 6) is -1.06. The molecule has 7 nitrogen and oxygen atoms in total. The van der Waals surface area contributed by atoms with Crippen molar-refractivity contribution in [1.82, 2.24) is 9.80 Å². The number of amides is 2. The van der Waals surface area contributed by atoms with Crippen molar-refractivity contribution in [2.45, 2.75) is 38.0 Å². The Hall–Kier alpha value is -1.34. The molecule has 7 heteroatoms. The van der Waals surface area contributed by atoms with Gasteiger partial charge in [-0.2, -0.15) is 0 Å². The van der Waals surface area contributed by atoms with E-state index in [0.29, 0.717) is 19.8 Å². The van der Waals surface area contributed by atoms with Crippen LogP contribution in [0.25, 0.3) is 0 Å². The van der Waals surface area contributed by atoms with Gasteiger partial charge in [0.25, 0.3) is 0 Å². The van der Waals surface area contributed by atoms with Gasteiger partial charge < -0.3 is 24.7 Å². The number of β-amino-alcohol motifs (C(OH)–C–C–N with tert-alkyl or cyclic N) is 1. The molecule has 19 heavy (non-hydrogen) atoms. The molecule has 0 aromatic carbocycles. The van der Waals surface area contributed by atoms with Crippen molar-refractivity contribution in [3.8, 4) is 0 Å². The lowest BCUT2D eigenvalue weighted by Crippen LogP contribution is -2.55. The molecule has 2 rings (SSSR count). The van der Waals surface area contributed by atoms with Crippen molar-refractivity contribution >= 4 is 12.0 Å². The minimum Gasteiger partial charge on any atom is -0.480 e. The molecule has 2 fully saturated rings. The number of rotatable bonds is 2. The topological polar surface area (TPSA) is 90.3 Å². The summed E-state index contributed by atoms with van der Waals surface area (Å²) in [6, 6.07) is -1.25. The summed E-state index contributed by atoms with van der Waals surface area (Å²) < 4.78 is 5.33. The molecule has 0 aromatic heterocycles. The first-order chi connectivity index (χ1) is 9.04. The van der Waals surface area contributed by atoms with Crippen LogP contribution in [0, 0.1) is 0 Å². The Labute approximate surface area is 111 Å². The Morgan fingerprint density at radius 3 is 2.74 bits per heavy atom. The van der Waals surface area contributed by atoms with E-state index in [9.17, 15) is 14.7 Å². The molecular formula is C12H20N2O5. The molecule has 2 saturated heterocycles. The maximum atomic E-state index is 12.5. The van der Waals surface area contributed by atoms with Gasteiger partial charge >= 0.3 is 12.0 Å². The minimum absolute atomic E-state index is 0.0200. The summed E-state index contributed by atoms with van der Waals surface area (Å²) in [7, 11) is 0. The van der Waals surface area contributed by atoms with Crippen molar-refractivity contribution in [2.24, 2.45) is 0 Å². The van der Waals surface area contributed by atoms with E-state index < -0.39 is 18.1 Å².